The van der Waals surface area contributed by atoms with Gasteiger partial charge in [0.15, 0.2) is 6.10 Å². The van der Waals surface area contributed by atoms with E-state index >= 15 is 0 Å². The van der Waals surface area contributed by atoms with Crippen LogP contribution in [-0.2, 0) is 14.3 Å². The van der Waals surface area contributed by atoms with Gasteiger partial charge in [-0.15, -0.1) is 0 Å². The molecule has 0 aliphatic rings. The van der Waals surface area contributed by atoms with E-state index in [-0.39, 0.29) is 11.3 Å². The van der Waals surface area contributed by atoms with E-state index in [1.807, 2.05) is 0 Å². The lowest BCUT2D eigenvalue weighted by Crippen LogP contribution is -2.27. The molecule has 1 unspecified atom stereocenters. The molecule has 0 aliphatic heterocycles. The van der Waals surface area contributed by atoms with Crippen LogP contribution in [0.2, 0.25) is 0 Å². The minimum Gasteiger partial charge on any atom is -0.448 e. The van der Waals surface area contributed by atoms with Crippen LogP contribution in [0.3, 0.4) is 0 Å². The monoisotopic (exact) mass is 294 g/mol. The van der Waals surface area contributed by atoms with E-state index in [0.717, 1.165) is 0 Å². The fourth-order valence-electron chi connectivity index (χ4n) is 1.30. The molecule has 110 valence electrons. The minimum atomic E-state index is -5.19. The van der Waals surface area contributed by atoms with Crippen LogP contribution < -0.4 is 4.74 Å². The van der Waals surface area contributed by atoms with E-state index in [1.165, 1.54) is 31.2 Å². The molecule has 20 heavy (non-hydrogen) atoms. The number of carbonyl (C=O) groups is 2. The van der Waals surface area contributed by atoms with Crippen molar-refractivity contribution >= 4 is 11.9 Å². The molecule has 0 N–H and O–H groups in total. The normalized spacial score (nSPS) is 12.7. The average molecular weight is 294 g/mol. The highest BCUT2D eigenvalue weighted by atomic mass is 19.4. The van der Waals surface area contributed by atoms with Gasteiger partial charge in [-0.3, -0.25) is 4.79 Å². The number of hydrogen-bond acceptors (Lipinski definition) is 4. The lowest BCUT2D eigenvalue weighted by molar-refractivity contribution is -0.206. The summed E-state index contributed by atoms with van der Waals surface area (Å²) in [6.45, 7) is -0.141. The molecular weight excluding hydrogens is 284 g/mol. The van der Waals surface area contributed by atoms with Crippen molar-refractivity contribution in [3.05, 3.63) is 29.8 Å². The Labute approximate surface area is 111 Å². The molecule has 0 saturated heterocycles. The quantitative estimate of drug-likeness (QED) is 0.487. The van der Waals surface area contributed by atoms with Crippen molar-refractivity contribution < 1.29 is 36.6 Å². The third-order valence-electron chi connectivity index (χ3n) is 2.13. The molecule has 0 radical (unpaired) electrons. The molecule has 1 rings (SSSR count). The zero-order chi connectivity index (χ0) is 15.3. The second-order valence-corrected chi connectivity index (χ2v) is 3.71. The van der Waals surface area contributed by atoms with Gasteiger partial charge in [-0.05, 0) is 17.7 Å². The van der Waals surface area contributed by atoms with Crippen LogP contribution in [0.4, 0.5) is 17.6 Å². The van der Waals surface area contributed by atoms with Crippen LogP contribution in [0.25, 0.3) is 0 Å². The van der Waals surface area contributed by atoms with Crippen molar-refractivity contribution in [2.24, 2.45) is 0 Å². The molecule has 0 spiro atoms. The van der Waals surface area contributed by atoms with Crippen LogP contribution in [0.5, 0.6) is 5.75 Å². The van der Waals surface area contributed by atoms with E-state index in [4.69, 9.17) is 4.74 Å². The summed E-state index contributed by atoms with van der Waals surface area (Å²) in [7, 11) is 0. The highest BCUT2D eigenvalue weighted by molar-refractivity contribution is 5.76. The van der Waals surface area contributed by atoms with Gasteiger partial charge >= 0.3 is 18.1 Å². The fraction of sp³-hybridized carbons (Fsp3) is 0.333. The van der Waals surface area contributed by atoms with Gasteiger partial charge in [-0.1, -0.05) is 12.1 Å². The maximum atomic E-state index is 12.7. The van der Waals surface area contributed by atoms with Crippen molar-refractivity contribution in [1.29, 1.82) is 0 Å². The van der Waals surface area contributed by atoms with Crippen LogP contribution in [-0.4, -0.2) is 24.8 Å². The van der Waals surface area contributed by atoms with Crippen molar-refractivity contribution in [3.63, 3.8) is 0 Å². The standard InChI is InChI=1S/C12H10F4O4/c1-7(17)19-9-4-2-8(3-5-9)10(6-13)20-11(18)12(14,15)16/h2-5,10H,6H2,1H3. The highest BCUT2D eigenvalue weighted by Crippen LogP contribution is 2.25. The number of ether oxygens (including phenoxy) is 2. The van der Waals surface area contributed by atoms with E-state index in [0.29, 0.717) is 0 Å². The van der Waals surface area contributed by atoms with Crippen LogP contribution >= 0.6 is 0 Å². The van der Waals surface area contributed by atoms with E-state index in [9.17, 15) is 27.2 Å². The largest absolute Gasteiger partial charge is 0.490 e. The molecule has 0 bridgehead atoms. The molecule has 8 heteroatoms. The number of esters is 2. The number of benzene rings is 1. The molecule has 1 atom stereocenters. The Bertz CT molecular complexity index is 481. The maximum absolute atomic E-state index is 12.7. The smallest absolute Gasteiger partial charge is 0.448 e. The van der Waals surface area contributed by atoms with Crippen molar-refractivity contribution in [3.8, 4) is 5.75 Å². The van der Waals surface area contributed by atoms with Crippen molar-refractivity contribution in [2.45, 2.75) is 19.2 Å². The number of carbonyl (C=O) groups excluding carboxylic acids is 2. The Morgan fingerprint density at radius 3 is 2.15 bits per heavy atom. The third kappa shape index (κ3) is 4.52. The summed E-state index contributed by atoms with van der Waals surface area (Å²) in [5.41, 5.74) is 0.0148. The van der Waals surface area contributed by atoms with Gasteiger partial charge < -0.3 is 9.47 Å². The van der Waals surface area contributed by atoms with Gasteiger partial charge in [0.1, 0.15) is 12.4 Å². The lowest BCUT2D eigenvalue weighted by Gasteiger charge is -2.16. The van der Waals surface area contributed by atoms with Crippen molar-refractivity contribution in [2.75, 3.05) is 6.67 Å². The Balaban J connectivity index is 2.80. The molecule has 0 aromatic heterocycles. The van der Waals surface area contributed by atoms with E-state index in [2.05, 4.69) is 4.74 Å². The first kappa shape index (κ1) is 15.9. The first-order chi connectivity index (χ1) is 9.24. The Hall–Kier alpha value is -2.12. The summed E-state index contributed by atoms with van der Waals surface area (Å²) < 4.78 is 57.4. The van der Waals surface area contributed by atoms with Gasteiger partial charge in [-0.2, -0.15) is 13.2 Å². The van der Waals surface area contributed by atoms with Gasteiger partial charge in [0, 0.05) is 6.92 Å². The average Bonchev–Trinajstić information content (AvgIpc) is 2.35. The Morgan fingerprint density at radius 1 is 1.20 bits per heavy atom. The predicted molar refractivity (Wildman–Crippen MR) is 58.6 cm³/mol. The minimum absolute atomic E-state index is 0.0148. The summed E-state index contributed by atoms with van der Waals surface area (Å²) in [6.07, 6.45) is -6.86. The first-order valence-corrected chi connectivity index (χ1v) is 5.36. The summed E-state index contributed by atoms with van der Waals surface area (Å²) in [5, 5.41) is 0. The molecule has 0 aliphatic carbocycles. The zero-order valence-electron chi connectivity index (χ0n) is 10.2. The molecule has 4 nitrogen and oxygen atoms in total. The van der Waals surface area contributed by atoms with Crippen LogP contribution in [0.15, 0.2) is 24.3 Å². The van der Waals surface area contributed by atoms with Gasteiger partial charge in [0.2, 0.25) is 0 Å². The summed E-state index contributed by atoms with van der Waals surface area (Å²) in [5.74, 6) is -2.91. The molecule has 0 saturated carbocycles. The van der Waals surface area contributed by atoms with Gasteiger partial charge in [-0.25, -0.2) is 9.18 Å². The number of halogens is 4. The Kier molecular flexibility index (Phi) is 5.06. The number of rotatable bonds is 4. The number of alkyl halides is 4. The fourth-order valence-corrected chi connectivity index (χ4v) is 1.30. The van der Waals surface area contributed by atoms with Gasteiger partial charge in [0.05, 0.1) is 0 Å². The second-order valence-electron chi connectivity index (χ2n) is 3.71. The maximum Gasteiger partial charge on any atom is 0.490 e. The van der Waals surface area contributed by atoms with E-state index in [1.54, 1.807) is 0 Å². The SMILES string of the molecule is CC(=O)Oc1ccc(C(CF)OC(=O)C(F)(F)F)cc1. The molecule has 0 heterocycles. The topological polar surface area (TPSA) is 52.6 Å². The summed E-state index contributed by atoms with van der Waals surface area (Å²) >= 11 is 0. The van der Waals surface area contributed by atoms with Crippen LogP contribution in [0.1, 0.15) is 18.6 Å². The highest BCUT2D eigenvalue weighted by Gasteiger charge is 2.42. The Morgan fingerprint density at radius 2 is 1.75 bits per heavy atom. The molecule has 0 amide bonds. The van der Waals surface area contributed by atoms with Gasteiger partial charge in [0.25, 0.3) is 0 Å². The molecular formula is C12H10F4O4. The van der Waals surface area contributed by atoms with Crippen LogP contribution in [0, 0.1) is 0 Å². The molecule has 1 aromatic rings. The van der Waals surface area contributed by atoms with E-state index < -0.39 is 30.9 Å². The second kappa shape index (κ2) is 6.36. The molecule has 1 aromatic carbocycles. The molecule has 0 fully saturated rings. The predicted octanol–water partition coefficient (Wildman–Crippen LogP) is 2.73. The summed E-state index contributed by atoms with van der Waals surface area (Å²) in [6, 6.07) is 4.90. The third-order valence-corrected chi connectivity index (χ3v) is 2.13. The van der Waals surface area contributed by atoms with Crippen molar-refractivity contribution in [1.82, 2.24) is 0 Å². The zero-order valence-corrected chi connectivity index (χ0v) is 10.2. The summed E-state index contributed by atoms with van der Waals surface area (Å²) in [4.78, 5) is 21.3. The first-order valence-electron chi connectivity index (χ1n) is 5.36. The lowest BCUT2D eigenvalue weighted by atomic mass is 10.1. The number of hydrogen-bond donors (Lipinski definition) is 0.